The number of likely N-dealkylation sites (tertiary alicyclic amines) is 1. The topological polar surface area (TPSA) is 68.8 Å². The van der Waals surface area contributed by atoms with E-state index in [0.717, 1.165) is 57.0 Å². The van der Waals surface area contributed by atoms with Gasteiger partial charge in [0, 0.05) is 51.4 Å². The summed E-state index contributed by atoms with van der Waals surface area (Å²) in [6, 6.07) is 16.9. The molecule has 7 heteroatoms. The Morgan fingerprint density at radius 3 is 2.58 bits per heavy atom. The normalized spacial score (nSPS) is 14.9. The van der Waals surface area contributed by atoms with Crippen molar-refractivity contribution < 1.29 is 4.79 Å². The largest absolute Gasteiger partial charge is 0.357 e. The van der Waals surface area contributed by atoms with Crippen LogP contribution >= 0.6 is 24.0 Å². The molecule has 180 valence electrons. The molecule has 3 N–H and O–H groups in total. The van der Waals surface area contributed by atoms with E-state index in [1.165, 1.54) is 11.1 Å². The van der Waals surface area contributed by atoms with Crippen LogP contribution in [0.5, 0.6) is 0 Å². The first kappa shape index (κ1) is 27.1. The molecule has 0 saturated carbocycles. The van der Waals surface area contributed by atoms with E-state index in [1.807, 2.05) is 24.3 Å². The highest BCUT2D eigenvalue weighted by Gasteiger charge is 2.20. The van der Waals surface area contributed by atoms with Crippen molar-refractivity contribution in [2.75, 3.05) is 33.2 Å². The SMILES string of the molecule is CCNC(=NCCc1cccc(C(=O)NC)c1)NC1CCN(Cc2ccccc2C)CC1.I. The number of hydrogen-bond donors (Lipinski definition) is 3. The molecule has 0 bridgehead atoms. The van der Waals surface area contributed by atoms with Crippen LogP contribution in [0, 0.1) is 6.92 Å². The summed E-state index contributed by atoms with van der Waals surface area (Å²) in [6.45, 7) is 9.02. The highest BCUT2D eigenvalue weighted by molar-refractivity contribution is 14.0. The lowest BCUT2D eigenvalue weighted by atomic mass is 10.0. The van der Waals surface area contributed by atoms with Gasteiger partial charge in [-0.15, -0.1) is 24.0 Å². The van der Waals surface area contributed by atoms with Gasteiger partial charge in [-0.2, -0.15) is 0 Å². The molecule has 0 radical (unpaired) electrons. The Labute approximate surface area is 215 Å². The van der Waals surface area contributed by atoms with Crippen molar-refractivity contribution in [1.29, 1.82) is 0 Å². The zero-order valence-electron chi connectivity index (χ0n) is 20.1. The highest BCUT2D eigenvalue weighted by Crippen LogP contribution is 2.16. The van der Waals surface area contributed by atoms with Gasteiger partial charge in [-0.3, -0.25) is 14.7 Å². The second-order valence-corrected chi connectivity index (χ2v) is 8.41. The van der Waals surface area contributed by atoms with Crippen LogP contribution in [0.4, 0.5) is 0 Å². The van der Waals surface area contributed by atoms with E-state index < -0.39 is 0 Å². The molecule has 0 aliphatic carbocycles. The molecule has 1 heterocycles. The van der Waals surface area contributed by atoms with Crippen LogP contribution in [0.2, 0.25) is 0 Å². The molecule has 2 aromatic carbocycles. The number of guanidine groups is 1. The molecule has 0 aromatic heterocycles. The number of carbonyl (C=O) groups is 1. The number of nitrogens with zero attached hydrogens (tertiary/aromatic N) is 2. The third-order valence-corrected chi connectivity index (χ3v) is 6.01. The van der Waals surface area contributed by atoms with E-state index in [-0.39, 0.29) is 29.9 Å². The number of halogens is 1. The summed E-state index contributed by atoms with van der Waals surface area (Å²) in [5.41, 5.74) is 4.61. The van der Waals surface area contributed by atoms with E-state index in [1.54, 1.807) is 7.05 Å². The van der Waals surface area contributed by atoms with Gasteiger partial charge in [0.15, 0.2) is 5.96 Å². The molecule has 1 fully saturated rings. The quantitative estimate of drug-likeness (QED) is 0.260. The number of piperidine rings is 1. The number of aliphatic imine (C=N–C) groups is 1. The molecule has 1 saturated heterocycles. The second-order valence-electron chi connectivity index (χ2n) is 8.41. The predicted octanol–water partition coefficient (Wildman–Crippen LogP) is 3.73. The van der Waals surface area contributed by atoms with Gasteiger partial charge in [-0.05, 0) is 61.9 Å². The fraction of sp³-hybridized carbons (Fsp3) is 0.462. The third-order valence-electron chi connectivity index (χ3n) is 6.01. The lowest BCUT2D eigenvalue weighted by molar-refractivity contribution is 0.0963. The number of aryl methyl sites for hydroxylation is 1. The van der Waals surface area contributed by atoms with Gasteiger partial charge in [-0.25, -0.2) is 0 Å². The van der Waals surface area contributed by atoms with Crippen LogP contribution in [-0.2, 0) is 13.0 Å². The molecule has 0 atom stereocenters. The Balaban J connectivity index is 0.00000385. The number of rotatable bonds is 8. The summed E-state index contributed by atoms with van der Waals surface area (Å²) in [6.07, 6.45) is 3.03. The van der Waals surface area contributed by atoms with Crippen LogP contribution in [0.3, 0.4) is 0 Å². The minimum atomic E-state index is -0.0564. The van der Waals surface area contributed by atoms with Crippen molar-refractivity contribution in [3.63, 3.8) is 0 Å². The van der Waals surface area contributed by atoms with E-state index in [2.05, 4.69) is 59.0 Å². The molecular formula is C26H38IN5O. The van der Waals surface area contributed by atoms with Crippen LogP contribution in [0.15, 0.2) is 53.5 Å². The Morgan fingerprint density at radius 2 is 1.88 bits per heavy atom. The van der Waals surface area contributed by atoms with Gasteiger partial charge in [0.1, 0.15) is 0 Å². The lowest BCUT2D eigenvalue weighted by Crippen LogP contribution is -2.48. The van der Waals surface area contributed by atoms with Crippen LogP contribution in [-0.4, -0.2) is 56.0 Å². The third kappa shape index (κ3) is 8.62. The summed E-state index contributed by atoms with van der Waals surface area (Å²) in [5.74, 6) is 0.825. The van der Waals surface area contributed by atoms with Crippen molar-refractivity contribution in [3.8, 4) is 0 Å². The number of nitrogens with one attached hydrogen (secondary N) is 3. The molecule has 33 heavy (non-hydrogen) atoms. The number of hydrogen-bond acceptors (Lipinski definition) is 3. The molecule has 0 unspecified atom stereocenters. The second kappa shape index (κ2) is 14.2. The van der Waals surface area contributed by atoms with Crippen molar-refractivity contribution in [1.82, 2.24) is 20.9 Å². The molecular weight excluding hydrogens is 525 g/mol. The molecule has 1 aliphatic heterocycles. The maximum atomic E-state index is 11.8. The van der Waals surface area contributed by atoms with Gasteiger partial charge in [-0.1, -0.05) is 36.4 Å². The first-order valence-corrected chi connectivity index (χ1v) is 11.7. The first-order valence-electron chi connectivity index (χ1n) is 11.7. The summed E-state index contributed by atoms with van der Waals surface area (Å²) >= 11 is 0. The smallest absolute Gasteiger partial charge is 0.251 e. The standard InChI is InChI=1S/C26H37N5O.HI/c1-4-28-26(29-15-12-21-9-7-11-22(18-21)25(32)27-3)30-24-13-16-31(17-14-24)19-23-10-6-5-8-20(23)2;/h5-11,18,24H,4,12-17,19H2,1-3H3,(H,27,32)(H2,28,29,30);1H. The maximum absolute atomic E-state index is 11.8. The zero-order chi connectivity index (χ0) is 22.8. The molecule has 1 amide bonds. The minimum absolute atomic E-state index is 0. The Hall–Kier alpha value is -2.13. The van der Waals surface area contributed by atoms with Crippen molar-refractivity contribution in [2.24, 2.45) is 4.99 Å². The molecule has 0 spiro atoms. The highest BCUT2D eigenvalue weighted by atomic mass is 127. The fourth-order valence-electron chi connectivity index (χ4n) is 4.09. The van der Waals surface area contributed by atoms with Gasteiger partial charge in [0.05, 0.1) is 0 Å². The maximum Gasteiger partial charge on any atom is 0.251 e. The fourth-order valence-corrected chi connectivity index (χ4v) is 4.09. The van der Waals surface area contributed by atoms with Gasteiger partial charge in [0.2, 0.25) is 0 Å². The number of benzene rings is 2. The Kier molecular flexibility index (Phi) is 11.7. The first-order chi connectivity index (χ1) is 15.6. The van der Waals surface area contributed by atoms with Gasteiger partial charge >= 0.3 is 0 Å². The lowest BCUT2D eigenvalue weighted by Gasteiger charge is -2.33. The van der Waals surface area contributed by atoms with E-state index in [4.69, 9.17) is 4.99 Å². The van der Waals surface area contributed by atoms with E-state index >= 15 is 0 Å². The van der Waals surface area contributed by atoms with E-state index in [0.29, 0.717) is 18.2 Å². The predicted molar refractivity (Wildman–Crippen MR) is 148 cm³/mol. The van der Waals surface area contributed by atoms with E-state index in [9.17, 15) is 4.79 Å². The molecule has 6 nitrogen and oxygen atoms in total. The van der Waals surface area contributed by atoms with Crippen molar-refractivity contribution >= 4 is 35.8 Å². The van der Waals surface area contributed by atoms with Crippen molar-refractivity contribution in [3.05, 3.63) is 70.8 Å². The Bertz CT molecular complexity index is 909. The average Bonchev–Trinajstić information content (AvgIpc) is 2.81. The van der Waals surface area contributed by atoms with Crippen LogP contribution in [0.1, 0.15) is 46.8 Å². The number of carbonyl (C=O) groups excluding carboxylic acids is 1. The zero-order valence-corrected chi connectivity index (χ0v) is 22.4. The molecule has 2 aromatic rings. The number of amides is 1. The Morgan fingerprint density at radius 1 is 1.12 bits per heavy atom. The molecule has 1 aliphatic rings. The average molecular weight is 564 g/mol. The minimum Gasteiger partial charge on any atom is -0.357 e. The van der Waals surface area contributed by atoms with Gasteiger partial charge < -0.3 is 16.0 Å². The summed E-state index contributed by atoms with van der Waals surface area (Å²) < 4.78 is 0. The van der Waals surface area contributed by atoms with Crippen LogP contribution < -0.4 is 16.0 Å². The summed E-state index contributed by atoms with van der Waals surface area (Å²) in [7, 11) is 1.65. The van der Waals surface area contributed by atoms with Crippen molar-refractivity contribution in [2.45, 2.75) is 45.7 Å². The van der Waals surface area contributed by atoms with Crippen LogP contribution in [0.25, 0.3) is 0 Å². The summed E-state index contributed by atoms with van der Waals surface area (Å²) in [4.78, 5) is 19.2. The molecule has 3 rings (SSSR count). The van der Waals surface area contributed by atoms with Gasteiger partial charge in [0.25, 0.3) is 5.91 Å². The monoisotopic (exact) mass is 563 g/mol. The summed E-state index contributed by atoms with van der Waals surface area (Å²) in [5, 5.41) is 9.67.